The molecule has 1 amide bonds. The summed E-state index contributed by atoms with van der Waals surface area (Å²) in [4.78, 5) is 20.8. The van der Waals surface area contributed by atoms with Gasteiger partial charge in [0.1, 0.15) is 5.82 Å². The van der Waals surface area contributed by atoms with Crippen LogP contribution in [-0.2, 0) is 11.0 Å². The summed E-state index contributed by atoms with van der Waals surface area (Å²) in [5.41, 5.74) is -0.737. The lowest BCUT2D eigenvalue weighted by molar-refractivity contribution is -0.137. The van der Waals surface area contributed by atoms with Crippen molar-refractivity contribution in [3.8, 4) is 0 Å². The number of likely N-dealkylation sites (tertiary alicyclic amines) is 1. The normalized spacial score (nSPS) is 22.1. The Bertz CT molecular complexity index is 687. The predicted molar refractivity (Wildman–Crippen MR) is 107 cm³/mol. The zero-order valence-corrected chi connectivity index (χ0v) is 17.2. The lowest BCUT2D eigenvalue weighted by Gasteiger charge is -2.36. The average molecular weight is 413 g/mol. The second-order valence-electron chi connectivity index (χ2n) is 8.63. The Labute approximate surface area is 170 Å². The van der Waals surface area contributed by atoms with E-state index in [1.807, 2.05) is 0 Å². The van der Waals surface area contributed by atoms with Crippen molar-refractivity contribution in [1.29, 1.82) is 0 Å². The number of hydrogen-bond donors (Lipinski definition) is 1. The highest BCUT2D eigenvalue weighted by molar-refractivity contribution is 5.80. The molecule has 8 heteroatoms. The van der Waals surface area contributed by atoms with E-state index >= 15 is 0 Å². The first-order chi connectivity index (χ1) is 13.7. The van der Waals surface area contributed by atoms with Crippen LogP contribution in [-0.4, -0.2) is 54.6 Å². The maximum absolute atomic E-state index is 13.3. The van der Waals surface area contributed by atoms with Gasteiger partial charge < -0.3 is 15.1 Å². The van der Waals surface area contributed by atoms with E-state index in [1.165, 1.54) is 12.3 Å². The van der Waals surface area contributed by atoms with E-state index in [9.17, 15) is 18.0 Å². The van der Waals surface area contributed by atoms with Gasteiger partial charge in [0, 0.05) is 45.0 Å². The molecule has 1 N–H and O–H groups in total. The highest BCUT2D eigenvalue weighted by atomic mass is 19.4. The first-order valence-corrected chi connectivity index (χ1v) is 10.5. The van der Waals surface area contributed by atoms with Crippen molar-refractivity contribution < 1.29 is 18.0 Å². The quantitative estimate of drug-likeness (QED) is 0.804. The second kappa shape index (κ2) is 9.32. The number of carbonyl (C=O) groups is 1. The molecule has 0 aromatic carbocycles. The van der Waals surface area contributed by atoms with Gasteiger partial charge in [-0.2, -0.15) is 13.2 Å². The van der Waals surface area contributed by atoms with Gasteiger partial charge in [-0.05, 0) is 43.7 Å². The molecule has 1 aromatic heterocycles. The van der Waals surface area contributed by atoms with Crippen molar-refractivity contribution in [1.82, 2.24) is 15.2 Å². The van der Waals surface area contributed by atoms with Gasteiger partial charge in [0.05, 0.1) is 11.5 Å². The highest BCUT2D eigenvalue weighted by Crippen LogP contribution is 2.36. The fourth-order valence-electron chi connectivity index (χ4n) is 4.35. The molecule has 3 heterocycles. The molecule has 0 unspecified atom stereocenters. The Morgan fingerprint density at radius 1 is 1.24 bits per heavy atom. The molecule has 2 fully saturated rings. The van der Waals surface area contributed by atoms with E-state index in [0.29, 0.717) is 25.3 Å². The van der Waals surface area contributed by atoms with E-state index < -0.39 is 11.7 Å². The van der Waals surface area contributed by atoms with Crippen LogP contribution in [0.15, 0.2) is 18.3 Å². The summed E-state index contributed by atoms with van der Waals surface area (Å²) in [6.07, 6.45) is 0.143. The molecular formula is C21H31F3N4O. The topological polar surface area (TPSA) is 48.5 Å². The monoisotopic (exact) mass is 412 g/mol. The van der Waals surface area contributed by atoms with E-state index in [0.717, 1.165) is 38.5 Å². The van der Waals surface area contributed by atoms with Gasteiger partial charge in [-0.3, -0.25) is 4.79 Å². The number of aromatic nitrogens is 1. The first kappa shape index (κ1) is 21.9. The summed E-state index contributed by atoms with van der Waals surface area (Å²) < 4.78 is 40.0. The Morgan fingerprint density at radius 2 is 1.97 bits per heavy atom. The molecule has 0 aliphatic carbocycles. The van der Waals surface area contributed by atoms with Crippen molar-refractivity contribution in [2.45, 2.75) is 51.7 Å². The van der Waals surface area contributed by atoms with Crippen LogP contribution >= 0.6 is 0 Å². The lowest BCUT2D eigenvalue weighted by atomic mass is 9.95. The number of halogens is 3. The Hall–Kier alpha value is -1.83. The number of pyridine rings is 1. The van der Waals surface area contributed by atoms with E-state index in [-0.39, 0.29) is 30.2 Å². The third-order valence-electron chi connectivity index (χ3n) is 5.74. The summed E-state index contributed by atoms with van der Waals surface area (Å²) in [7, 11) is 0. The fourth-order valence-corrected chi connectivity index (χ4v) is 4.35. The number of alkyl halides is 3. The number of carbonyl (C=O) groups excluding carboxylic acids is 1. The van der Waals surface area contributed by atoms with Gasteiger partial charge in [0.25, 0.3) is 0 Å². The second-order valence-corrected chi connectivity index (χ2v) is 8.63. The van der Waals surface area contributed by atoms with Crippen LogP contribution in [0.2, 0.25) is 0 Å². The van der Waals surface area contributed by atoms with Gasteiger partial charge in [-0.25, -0.2) is 4.98 Å². The van der Waals surface area contributed by atoms with E-state index in [1.54, 1.807) is 4.90 Å². The predicted octanol–water partition coefficient (Wildman–Crippen LogP) is 3.55. The minimum Gasteiger partial charge on any atom is -0.355 e. The molecule has 0 saturated carbocycles. The van der Waals surface area contributed by atoms with Gasteiger partial charge in [0.15, 0.2) is 0 Å². The van der Waals surface area contributed by atoms with Gasteiger partial charge in [-0.15, -0.1) is 0 Å². The number of anilines is 1. The van der Waals surface area contributed by atoms with E-state index in [2.05, 4.69) is 29.0 Å². The Kier molecular flexibility index (Phi) is 7.03. The zero-order chi connectivity index (χ0) is 21.0. The van der Waals surface area contributed by atoms with Gasteiger partial charge in [-0.1, -0.05) is 13.8 Å². The molecule has 29 heavy (non-hydrogen) atoms. The molecule has 0 bridgehead atoms. The maximum atomic E-state index is 13.3. The molecule has 0 spiro atoms. The molecule has 5 nitrogen and oxygen atoms in total. The SMILES string of the molecule is CC(C)CN1CCC(NC(=O)[C@@H]2CCCN(c3ncccc3C(F)(F)F)C2)CC1. The van der Waals surface area contributed by atoms with Crippen molar-refractivity contribution >= 4 is 11.7 Å². The van der Waals surface area contributed by atoms with Crippen LogP contribution in [0.5, 0.6) is 0 Å². The van der Waals surface area contributed by atoms with Crippen LogP contribution in [0.4, 0.5) is 19.0 Å². The lowest BCUT2D eigenvalue weighted by Crippen LogP contribution is -2.50. The summed E-state index contributed by atoms with van der Waals surface area (Å²) >= 11 is 0. The van der Waals surface area contributed by atoms with Crippen molar-refractivity contribution in [2.24, 2.45) is 11.8 Å². The molecule has 3 rings (SSSR count). The van der Waals surface area contributed by atoms with Crippen LogP contribution < -0.4 is 10.2 Å². The first-order valence-electron chi connectivity index (χ1n) is 10.5. The molecular weight excluding hydrogens is 381 g/mol. The van der Waals surface area contributed by atoms with Crippen molar-refractivity contribution in [2.75, 3.05) is 37.6 Å². The third-order valence-corrected chi connectivity index (χ3v) is 5.74. The van der Waals surface area contributed by atoms with Crippen LogP contribution in [0.3, 0.4) is 0 Å². The number of hydrogen-bond acceptors (Lipinski definition) is 4. The number of rotatable bonds is 5. The summed E-state index contributed by atoms with van der Waals surface area (Å²) in [6.45, 7) is 8.19. The summed E-state index contributed by atoms with van der Waals surface area (Å²) in [6, 6.07) is 2.50. The molecule has 2 aliphatic heterocycles. The molecule has 162 valence electrons. The van der Waals surface area contributed by atoms with Gasteiger partial charge >= 0.3 is 6.18 Å². The molecule has 0 radical (unpaired) electrons. The van der Waals surface area contributed by atoms with Crippen LogP contribution in [0.1, 0.15) is 45.1 Å². The van der Waals surface area contributed by atoms with Crippen molar-refractivity contribution in [3.63, 3.8) is 0 Å². The molecule has 1 aromatic rings. The van der Waals surface area contributed by atoms with Crippen LogP contribution in [0.25, 0.3) is 0 Å². The minimum absolute atomic E-state index is 0.0403. The number of nitrogens with one attached hydrogen (secondary N) is 1. The number of piperidine rings is 2. The summed E-state index contributed by atoms with van der Waals surface area (Å²) in [5.74, 6) is 0.212. The zero-order valence-electron chi connectivity index (χ0n) is 17.2. The largest absolute Gasteiger partial charge is 0.419 e. The van der Waals surface area contributed by atoms with Crippen LogP contribution in [0, 0.1) is 11.8 Å². The van der Waals surface area contributed by atoms with E-state index in [4.69, 9.17) is 0 Å². The number of amides is 1. The standard InChI is InChI=1S/C21H31F3N4O/c1-15(2)13-27-11-7-17(8-12-27)26-20(29)16-5-4-10-28(14-16)19-18(21(22,23)24)6-3-9-25-19/h3,6,9,15-17H,4-5,7-8,10-14H2,1-2H3,(H,26,29)/t16-/m1/s1. The third kappa shape index (κ3) is 5.84. The molecule has 2 saturated heterocycles. The Morgan fingerprint density at radius 3 is 2.62 bits per heavy atom. The fraction of sp³-hybridized carbons (Fsp3) is 0.714. The Balaban J connectivity index is 1.57. The highest BCUT2D eigenvalue weighted by Gasteiger charge is 2.37. The minimum atomic E-state index is -4.46. The smallest absolute Gasteiger partial charge is 0.355 e. The van der Waals surface area contributed by atoms with Gasteiger partial charge in [0.2, 0.25) is 5.91 Å². The average Bonchev–Trinajstić information content (AvgIpc) is 2.68. The summed E-state index contributed by atoms with van der Waals surface area (Å²) in [5, 5.41) is 3.14. The van der Waals surface area contributed by atoms with Crippen molar-refractivity contribution in [3.05, 3.63) is 23.9 Å². The number of nitrogens with zero attached hydrogens (tertiary/aromatic N) is 3. The maximum Gasteiger partial charge on any atom is 0.419 e. The molecule has 2 aliphatic rings. The molecule has 1 atom stereocenters.